The fourth-order valence-corrected chi connectivity index (χ4v) is 2.22. The molecule has 1 aromatic carbocycles. The molecule has 0 aliphatic carbocycles. The first kappa shape index (κ1) is 13.4. The highest BCUT2D eigenvalue weighted by Gasteiger charge is 2.29. The van der Waals surface area contributed by atoms with Crippen molar-refractivity contribution in [2.45, 2.75) is 6.18 Å². The van der Waals surface area contributed by atoms with Gasteiger partial charge in [-0.15, -0.1) is 11.3 Å². The molecule has 0 unspecified atom stereocenters. The van der Waals surface area contributed by atoms with Crippen LogP contribution in [0.2, 0.25) is 0 Å². The molecule has 2 aromatic rings. The van der Waals surface area contributed by atoms with Crippen LogP contribution in [0.25, 0.3) is 11.6 Å². The standard InChI is InChI=1S/C14H8F3NS/c15-14(16,17)12-5-3-10(4-6-12)8-11(9-18)13-2-1-7-19-13/h1-8H/b11-8-. The van der Waals surface area contributed by atoms with E-state index in [0.717, 1.165) is 17.0 Å². The first-order valence-electron chi connectivity index (χ1n) is 5.33. The van der Waals surface area contributed by atoms with Gasteiger partial charge in [-0.2, -0.15) is 18.4 Å². The third-order valence-electron chi connectivity index (χ3n) is 2.46. The smallest absolute Gasteiger partial charge is 0.192 e. The number of halogens is 3. The zero-order chi connectivity index (χ0) is 13.9. The van der Waals surface area contributed by atoms with Crippen LogP contribution < -0.4 is 0 Å². The second-order valence-electron chi connectivity index (χ2n) is 3.77. The quantitative estimate of drug-likeness (QED) is 0.722. The maximum atomic E-state index is 12.4. The van der Waals surface area contributed by atoms with Crippen LogP contribution in [0.4, 0.5) is 13.2 Å². The molecule has 1 aromatic heterocycles. The fourth-order valence-electron chi connectivity index (χ4n) is 1.53. The van der Waals surface area contributed by atoms with E-state index in [4.69, 9.17) is 5.26 Å². The first-order valence-corrected chi connectivity index (χ1v) is 6.21. The van der Waals surface area contributed by atoms with Crippen molar-refractivity contribution in [2.75, 3.05) is 0 Å². The number of rotatable bonds is 2. The molecule has 0 saturated carbocycles. The van der Waals surface area contributed by atoms with E-state index in [9.17, 15) is 13.2 Å². The van der Waals surface area contributed by atoms with E-state index in [1.165, 1.54) is 23.5 Å². The van der Waals surface area contributed by atoms with Gasteiger partial charge in [0.25, 0.3) is 0 Å². The number of hydrogen-bond acceptors (Lipinski definition) is 2. The van der Waals surface area contributed by atoms with Gasteiger partial charge in [-0.25, -0.2) is 0 Å². The number of nitrogens with zero attached hydrogens (tertiary/aromatic N) is 1. The molecule has 0 fully saturated rings. The number of allylic oxidation sites excluding steroid dienone is 1. The van der Waals surface area contributed by atoms with Crippen molar-refractivity contribution in [3.63, 3.8) is 0 Å². The summed E-state index contributed by atoms with van der Waals surface area (Å²) < 4.78 is 37.2. The Morgan fingerprint density at radius 3 is 2.32 bits per heavy atom. The number of thiophene rings is 1. The van der Waals surface area contributed by atoms with Crippen LogP contribution in [-0.4, -0.2) is 0 Å². The van der Waals surface area contributed by atoms with Crippen molar-refractivity contribution < 1.29 is 13.2 Å². The fraction of sp³-hybridized carbons (Fsp3) is 0.0714. The van der Waals surface area contributed by atoms with Gasteiger partial charge in [0, 0.05) is 4.88 Å². The Labute approximate surface area is 112 Å². The lowest BCUT2D eigenvalue weighted by atomic mass is 10.1. The average Bonchev–Trinajstić information content (AvgIpc) is 2.89. The summed E-state index contributed by atoms with van der Waals surface area (Å²) in [6, 6.07) is 10.4. The van der Waals surface area contributed by atoms with Crippen molar-refractivity contribution >= 4 is 23.0 Å². The van der Waals surface area contributed by atoms with E-state index >= 15 is 0 Å². The molecule has 19 heavy (non-hydrogen) atoms. The third kappa shape index (κ3) is 3.24. The van der Waals surface area contributed by atoms with Gasteiger partial charge in [0.15, 0.2) is 0 Å². The highest BCUT2D eigenvalue weighted by Crippen LogP contribution is 2.30. The van der Waals surface area contributed by atoms with Crippen LogP contribution in [0.3, 0.4) is 0 Å². The Hall–Kier alpha value is -2.06. The molecular formula is C14H8F3NS. The second-order valence-corrected chi connectivity index (χ2v) is 4.71. The Morgan fingerprint density at radius 1 is 1.16 bits per heavy atom. The Bertz CT molecular complexity index is 616. The molecule has 0 atom stereocenters. The predicted octanol–water partition coefficient (Wildman–Crippen LogP) is 4.83. The van der Waals surface area contributed by atoms with Crippen LogP contribution in [0.5, 0.6) is 0 Å². The van der Waals surface area contributed by atoms with Gasteiger partial charge in [-0.3, -0.25) is 0 Å². The lowest BCUT2D eigenvalue weighted by Crippen LogP contribution is -2.03. The van der Waals surface area contributed by atoms with E-state index in [-0.39, 0.29) is 0 Å². The van der Waals surface area contributed by atoms with Gasteiger partial charge >= 0.3 is 6.18 Å². The number of hydrogen-bond donors (Lipinski definition) is 0. The minimum Gasteiger partial charge on any atom is -0.192 e. The second kappa shape index (κ2) is 5.29. The van der Waals surface area contributed by atoms with Crippen molar-refractivity contribution in [1.82, 2.24) is 0 Å². The van der Waals surface area contributed by atoms with Crippen LogP contribution in [-0.2, 0) is 6.18 Å². The summed E-state index contributed by atoms with van der Waals surface area (Å²) in [6.45, 7) is 0. The first-order chi connectivity index (χ1) is 9.00. The van der Waals surface area contributed by atoms with Gasteiger partial charge in [0.05, 0.1) is 11.1 Å². The number of nitriles is 1. The summed E-state index contributed by atoms with van der Waals surface area (Å²) in [5, 5.41) is 10.9. The number of benzene rings is 1. The highest BCUT2D eigenvalue weighted by atomic mass is 32.1. The molecule has 0 aliphatic heterocycles. The largest absolute Gasteiger partial charge is 0.416 e. The van der Waals surface area contributed by atoms with E-state index in [1.54, 1.807) is 12.1 Å². The maximum absolute atomic E-state index is 12.4. The van der Waals surface area contributed by atoms with E-state index in [1.807, 2.05) is 17.5 Å². The lowest BCUT2D eigenvalue weighted by molar-refractivity contribution is -0.137. The molecule has 0 saturated heterocycles. The molecular weight excluding hydrogens is 271 g/mol. The molecule has 0 spiro atoms. The normalized spacial score (nSPS) is 12.2. The number of alkyl halides is 3. The summed E-state index contributed by atoms with van der Waals surface area (Å²) in [4.78, 5) is 0.794. The molecule has 0 N–H and O–H groups in total. The zero-order valence-electron chi connectivity index (χ0n) is 9.61. The molecule has 1 nitrogen and oxygen atoms in total. The van der Waals surface area contributed by atoms with Crippen molar-refractivity contribution in [3.05, 3.63) is 57.8 Å². The summed E-state index contributed by atoms with van der Waals surface area (Å²) in [6.07, 6.45) is -2.76. The molecule has 0 aliphatic rings. The van der Waals surface area contributed by atoms with Crippen LogP contribution >= 0.6 is 11.3 Å². The van der Waals surface area contributed by atoms with Gasteiger partial charge in [-0.05, 0) is 35.2 Å². The monoisotopic (exact) mass is 279 g/mol. The maximum Gasteiger partial charge on any atom is 0.416 e. The summed E-state index contributed by atoms with van der Waals surface area (Å²) in [5.41, 5.74) is 0.312. The lowest BCUT2D eigenvalue weighted by Gasteiger charge is -2.06. The van der Waals surface area contributed by atoms with Crippen molar-refractivity contribution in [2.24, 2.45) is 0 Å². The molecule has 0 bridgehead atoms. The molecule has 0 radical (unpaired) electrons. The van der Waals surface area contributed by atoms with Gasteiger partial charge in [0.1, 0.15) is 6.07 Å². The average molecular weight is 279 g/mol. The summed E-state index contributed by atoms with van der Waals surface area (Å²) in [5.74, 6) is 0. The third-order valence-corrected chi connectivity index (χ3v) is 3.36. The van der Waals surface area contributed by atoms with Gasteiger partial charge in [0.2, 0.25) is 0 Å². The van der Waals surface area contributed by atoms with Crippen LogP contribution in [0, 0.1) is 11.3 Å². The zero-order valence-corrected chi connectivity index (χ0v) is 10.4. The Kier molecular flexibility index (Phi) is 3.72. The Balaban J connectivity index is 2.31. The topological polar surface area (TPSA) is 23.8 Å². The van der Waals surface area contributed by atoms with E-state index in [2.05, 4.69) is 0 Å². The predicted molar refractivity (Wildman–Crippen MR) is 69.2 cm³/mol. The molecule has 5 heteroatoms. The SMILES string of the molecule is N#C/C(=C/c1ccc(C(F)(F)F)cc1)c1cccs1. The molecule has 2 rings (SSSR count). The minimum absolute atomic E-state index is 0.440. The van der Waals surface area contributed by atoms with Gasteiger partial charge in [-0.1, -0.05) is 18.2 Å². The summed E-state index contributed by atoms with van der Waals surface area (Å²) in [7, 11) is 0. The van der Waals surface area contributed by atoms with Crippen LogP contribution in [0.1, 0.15) is 16.0 Å². The molecule has 96 valence electrons. The van der Waals surface area contributed by atoms with Gasteiger partial charge < -0.3 is 0 Å². The Morgan fingerprint density at radius 2 is 1.84 bits per heavy atom. The van der Waals surface area contributed by atoms with Crippen molar-refractivity contribution in [1.29, 1.82) is 5.26 Å². The summed E-state index contributed by atoms with van der Waals surface area (Å²) >= 11 is 1.41. The van der Waals surface area contributed by atoms with E-state index < -0.39 is 11.7 Å². The molecule has 0 amide bonds. The minimum atomic E-state index is -4.34. The highest BCUT2D eigenvalue weighted by molar-refractivity contribution is 7.11. The van der Waals surface area contributed by atoms with Crippen molar-refractivity contribution in [3.8, 4) is 6.07 Å². The van der Waals surface area contributed by atoms with Crippen LogP contribution in [0.15, 0.2) is 41.8 Å². The van der Waals surface area contributed by atoms with E-state index in [0.29, 0.717) is 11.1 Å². The molecule has 1 heterocycles.